The van der Waals surface area contributed by atoms with Crippen LogP contribution in [0.1, 0.15) is 6.92 Å². The predicted octanol–water partition coefficient (Wildman–Crippen LogP) is 0.318. The molecule has 17 heavy (non-hydrogen) atoms. The van der Waals surface area contributed by atoms with E-state index in [2.05, 4.69) is 5.32 Å². The molecule has 1 rings (SSSR count). The Hall–Kier alpha value is -1.63. The lowest BCUT2D eigenvalue weighted by Gasteiger charge is -2.07. The van der Waals surface area contributed by atoms with Crippen LogP contribution in [0.5, 0.6) is 0 Å². The largest absolute Gasteiger partial charge is 0.398 e. The molecule has 7 heteroatoms. The summed E-state index contributed by atoms with van der Waals surface area (Å²) in [6.45, 7) is 1.99. The summed E-state index contributed by atoms with van der Waals surface area (Å²) in [6.07, 6.45) is 0. The minimum Gasteiger partial charge on any atom is -0.398 e. The molecular weight excluding hydrogens is 247 g/mol. The van der Waals surface area contributed by atoms with Gasteiger partial charge in [0.2, 0.25) is 5.91 Å². The summed E-state index contributed by atoms with van der Waals surface area (Å²) in [6, 6.07) is 3.02. The van der Waals surface area contributed by atoms with Gasteiger partial charge >= 0.3 is 0 Å². The normalized spacial score (nSPS) is 11.2. The summed E-state index contributed by atoms with van der Waals surface area (Å²) >= 11 is 0. The van der Waals surface area contributed by atoms with E-state index >= 15 is 0 Å². The van der Waals surface area contributed by atoms with Crippen molar-refractivity contribution < 1.29 is 17.6 Å². The third-order valence-corrected chi connectivity index (χ3v) is 3.67. The maximum absolute atomic E-state index is 12.9. The van der Waals surface area contributed by atoms with E-state index in [0.717, 1.165) is 18.2 Å². The number of carbonyl (C=O) groups excluding carboxylic acids is 1. The van der Waals surface area contributed by atoms with E-state index in [1.807, 2.05) is 0 Å². The fourth-order valence-electron chi connectivity index (χ4n) is 1.28. The summed E-state index contributed by atoms with van der Waals surface area (Å²) < 4.78 is 36.5. The van der Waals surface area contributed by atoms with Gasteiger partial charge in [0.25, 0.3) is 0 Å². The molecule has 0 spiro atoms. The van der Waals surface area contributed by atoms with Crippen molar-refractivity contribution >= 4 is 21.4 Å². The van der Waals surface area contributed by atoms with E-state index in [1.165, 1.54) is 0 Å². The molecule has 94 valence electrons. The smallest absolute Gasteiger partial charge is 0.235 e. The first kappa shape index (κ1) is 13.4. The van der Waals surface area contributed by atoms with Crippen LogP contribution < -0.4 is 11.1 Å². The van der Waals surface area contributed by atoms with E-state index in [-0.39, 0.29) is 10.6 Å². The SMILES string of the molecule is CCNC(=O)CS(=O)(=O)c1cc(F)ccc1N. The molecule has 0 bridgehead atoms. The zero-order chi connectivity index (χ0) is 13.1. The van der Waals surface area contributed by atoms with Gasteiger partial charge < -0.3 is 11.1 Å². The van der Waals surface area contributed by atoms with Gasteiger partial charge in [-0.25, -0.2) is 12.8 Å². The lowest BCUT2D eigenvalue weighted by molar-refractivity contribution is -0.118. The molecule has 0 aliphatic heterocycles. The number of halogens is 1. The maximum Gasteiger partial charge on any atom is 0.235 e. The number of hydrogen-bond acceptors (Lipinski definition) is 4. The Morgan fingerprint density at radius 3 is 2.71 bits per heavy atom. The van der Waals surface area contributed by atoms with Crippen molar-refractivity contribution in [3.05, 3.63) is 24.0 Å². The second kappa shape index (κ2) is 5.13. The number of carbonyl (C=O) groups is 1. The Labute approximate surface area is 98.7 Å². The van der Waals surface area contributed by atoms with Gasteiger partial charge in [-0.15, -0.1) is 0 Å². The van der Waals surface area contributed by atoms with Crippen molar-refractivity contribution in [2.75, 3.05) is 18.0 Å². The van der Waals surface area contributed by atoms with Crippen molar-refractivity contribution in [3.63, 3.8) is 0 Å². The molecule has 1 aromatic rings. The number of benzene rings is 1. The van der Waals surface area contributed by atoms with Crippen LogP contribution >= 0.6 is 0 Å². The molecule has 0 fully saturated rings. The molecule has 1 aromatic carbocycles. The van der Waals surface area contributed by atoms with Gasteiger partial charge in [-0.3, -0.25) is 4.79 Å². The van der Waals surface area contributed by atoms with Crippen LogP contribution in [0.4, 0.5) is 10.1 Å². The Kier molecular flexibility index (Phi) is 4.06. The van der Waals surface area contributed by atoms with Gasteiger partial charge in [-0.2, -0.15) is 0 Å². The van der Waals surface area contributed by atoms with Crippen LogP contribution in [-0.4, -0.2) is 26.6 Å². The Balaban J connectivity index is 3.05. The third-order valence-electron chi connectivity index (χ3n) is 2.01. The first-order valence-electron chi connectivity index (χ1n) is 4.91. The monoisotopic (exact) mass is 260 g/mol. The van der Waals surface area contributed by atoms with Crippen LogP contribution in [0.15, 0.2) is 23.1 Å². The first-order valence-corrected chi connectivity index (χ1v) is 6.56. The van der Waals surface area contributed by atoms with Gasteiger partial charge in [0.15, 0.2) is 9.84 Å². The molecule has 5 nitrogen and oxygen atoms in total. The summed E-state index contributed by atoms with van der Waals surface area (Å²) in [5.74, 6) is -2.10. The predicted molar refractivity (Wildman–Crippen MR) is 61.5 cm³/mol. The molecule has 0 aliphatic rings. The number of amides is 1. The highest BCUT2D eigenvalue weighted by atomic mass is 32.2. The van der Waals surface area contributed by atoms with Crippen molar-refractivity contribution in [2.24, 2.45) is 0 Å². The van der Waals surface area contributed by atoms with Crippen molar-refractivity contribution in [1.82, 2.24) is 5.32 Å². The fourth-order valence-corrected chi connectivity index (χ4v) is 2.60. The second-order valence-corrected chi connectivity index (χ2v) is 5.35. The molecule has 0 unspecified atom stereocenters. The molecule has 0 heterocycles. The second-order valence-electron chi connectivity index (χ2n) is 3.39. The highest BCUT2D eigenvalue weighted by Gasteiger charge is 2.22. The quantitative estimate of drug-likeness (QED) is 0.763. The summed E-state index contributed by atoms with van der Waals surface area (Å²) in [4.78, 5) is 10.8. The molecule has 1 amide bonds. The topological polar surface area (TPSA) is 89.3 Å². The van der Waals surface area contributed by atoms with Crippen LogP contribution in [0.25, 0.3) is 0 Å². The Bertz CT molecular complexity index is 528. The third kappa shape index (κ3) is 3.42. The molecular formula is C10H13FN2O3S. The minimum atomic E-state index is -3.91. The lowest BCUT2D eigenvalue weighted by atomic mass is 10.3. The number of anilines is 1. The summed E-state index contributed by atoms with van der Waals surface area (Å²) in [5.41, 5.74) is 5.37. The molecule has 0 saturated heterocycles. The van der Waals surface area contributed by atoms with Gasteiger partial charge in [-0.1, -0.05) is 0 Å². The maximum atomic E-state index is 12.9. The highest BCUT2D eigenvalue weighted by Crippen LogP contribution is 2.20. The van der Waals surface area contributed by atoms with E-state index in [0.29, 0.717) is 6.54 Å². The molecule has 0 saturated carbocycles. The fraction of sp³-hybridized carbons (Fsp3) is 0.300. The zero-order valence-corrected chi connectivity index (χ0v) is 10.1. The first-order chi connectivity index (χ1) is 7.86. The summed E-state index contributed by atoms with van der Waals surface area (Å²) in [5, 5.41) is 2.35. The highest BCUT2D eigenvalue weighted by molar-refractivity contribution is 7.92. The standard InChI is InChI=1S/C10H13FN2O3S/c1-2-13-10(14)6-17(15,16)9-5-7(11)3-4-8(9)12/h3-5H,2,6,12H2,1H3,(H,13,14). The van der Waals surface area contributed by atoms with Gasteiger partial charge in [0.1, 0.15) is 11.6 Å². The van der Waals surface area contributed by atoms with Crippen LogP contribution in [0, 0.1) is 5.82 Å². The van der Waals surface area contributed by atoms with Crippen LogP contribution in [0.3, 0.4) is 0 Å². The van der Waals surface area contributed by atoms with Crippen LogP contribution in [-0.2, 0) is 14.6 Å². The van der Waals surface area contributed by atoms with Crippen LogP contribution in [0.2, 0.25) is 0 Å². The van der Waals surface area contributed by atoms with E-state index in [1.54, 1.807) is 6.92 Å². The number of nitrogen functional groups attached to an aromatic ring is 1. The zero-order valence-electron chi connectivity index (χ0n) is 9.23. The lowest BCUT2D eigenvalue weighted by Crippen LogP contribution is -2.30. The molecule has 0 aromatic heterocycles. The van der Waals surface area contributed by atoms with Crippen molar-refractivity contribution in [2.45, 2.75) is 11.8 Å². The number of nitrogens with two attached hydrogens (primary N) is 1. The molecule has 0 atom stereocenters. The number of rotatable bonds is 4. The van der Waals surface area contributed by atoms with Gasteiger partial charge in [-0.05, 0) is 25.1 Å². The average Bonchev–Trinajstić information content (AvgIpc) is 2.21. The van der Waals surface area contributed by atoms with E-state index in [9.17, 15) is 17.6 Å². The molecule has 3 N–H and O–H groups in total. The van der Waals surface area contributed by atoms with E-state index < -0.39 is 27.3 Å². The Morgan fingerprint density at radius 1 is 1.47 bits per heavy atom. The van der Waals surface area contributed by atoms with Crippen molar-refractivity contribution in [3.8, 4) is 0 Å². The average molecular weight is 260 g/mol. The van der Waals surface area contributed by atoms with Gasteiger partial charge in [0.05, 0.1) is 10.6 Å². The van der Waals surface area contributed by atoms with E-state index in [4.69, 9.17) is 5.73 Å². The number of nitrogens with one attached hydrogen (secondary N) is 1. The molecule has 0 radical (unpaired) electrons. The number of sulfone groups is 1. The summed E-state index contributed by atoms with van der Waals surface area (Å²) in [7, 11) is -3.91. The minimum absolute atomic E-state index is 0.0734. The number of hydrogen-bond donors (Lipinski definition) is 2. The Morgan fingerprint density at radius 2 is 2.12 bits per heavy atom. The van der Waals surface area contributed by atoms with Gasteiger partial charge in [0, 0.05) is 6.54 Å². The van der Waals surface area contributed by atoms with Crippen molar-refractivity contribution in [1.29, 1.82) is 0 Å². The molecule has 0 aliphatic carbocycles.